The van der Waals surface area contributed by atoms with Crippen molar-refractivity contribution in [2.75, 3.05) is 13.2 Å². The molecule has 6 heteroatoms. The number of nitrogens with one attached hydrogen (secondary N) is 1. The maximum atomic E-state index is 11.3. The Kier molecular flexibility index (Phi) is 5.66. The van der Waals surface area contributed by atoms with Crippen LogP contribution in [-0.2, 0) is 16.0 Å². The van der Waals surface area contributed by atoms with E-state index in [9.17, 15) is 9.59 Å². The summed E-state index contributed by atoms with van der Waals surface area (Å²) in [5, 5.41) is 10.8. The molecule has 0 spiro atoms. The van der Waals surface area contributed by atoms with Gasteiger partial charge in [0, 0.05) is 13.0 Å². The summed E-state index contributed by atoms with van der Waals surface area (Å²) in [6.45, 7) is 0.00980. The number of carbonyl (C=O) groups is 2. The Bertz CT molecular complexity index is 394. The predicted octanol–water partition coefficient (Wildman–Crippen LogP) is 0.367. The fraction of sp³-hybridized carbons (Fsp3) is 0.333. The monoisotopic (exact) mass is 252 g/mol. The molecule has 1 rings (SSSR count). The summed E-state index contributed by atoms with van der Waals surface area (Å²) in [6.07, 6.45) is -0.196. The average Bonchev–Trinajstić information content (AvgIpc) is 2.37. The molecule has 0 aromatic heterocycles. The van der Waals surface area contributed by atoms with E-state index in [4.69, 9.17) is 15.6 Å². The number of nitrogens with two attached hydrogens (primary N) is 1. The summed E-state index contributed by atoms with van der Waals surface area (Å²) in [7, 11) is 0. The molecule has 0 heterocycles. The third-order valence-electron chi connectivity index (χ3n) is 2.29. The molecule has 0 saturated heterocycles. The van der Waals surface area contributed by atoms with Crippen molar-refractivity contribution < 1.29 is 19.4 Å². The number of alkyl carbamates (subject to hydrolysis) is 1. The Hall–Kier alpha value is -2.08. The molecule has 0 aliphatic carbocycles. The Labute approximate surface area is 105 Å². The van der Waals surface area contributed by atoms with Gasteiger partial charge < -0.3 is 20.9 Å². The molecule has 0 aliphatic rings. The van der Waals surface area contributed by atoms with Gasteiger partial charge >= 0.3 is 12.1 Å². The fourth-order valence-corrected chi connectivity index (χ4v) is 1.31. The minimum atomic E-state index is -1.18. The van der Waals surface area contributed by atoms with Crippen LogP contribution >= 0.6 is 0 Å². The molecule has 98 valence electrons. The highest BCUT2D eigenvalue weighted by molar-refractivity contribution is 5.80. The molecule has 1 aromatic carbocycles. The van der Waals surface area contributed by atoms with Crippen LogP contribution < -0.4 is 11.1 Å². The number of rotatable bonds is 6. The van der Waals surface area contributed by atoms with Crippen LogP contribution in [0.5, 0.6) is 0 Å². The van der Waals surface area contributed by atoms with E-state index >= 15 is 0 Å². The van der Waals surface area contributed by atoms with Crippen molar-refractivity contribution in [2.45, 2.75) is 12.5 Å². The maximum absolute atomic E-state index is 11.3. The van der Waals surface area contributed by atoms with Gasteiger partial charge in [-0.1, -0.05) is 30.3 Å². The number of carboxylic acid groups (broad SMARTS) is 1. The van der Waals surface area contributed by atoms with Gasteiger partial charge in [0.15, 0.2) is 0 Å². The lowest BCUT2D eigenvalue weighted by atomic mass is 10.2. The highest BCUT2D eigenvalue weighted by Crippen LogP contribution is 1.99. The van der Waals surface area contributed by atoms with Gasteiger partial charge in [-0.05, 0) is 5.56 Å². The zero-order valence-electron chi connectivity index (χ0n) is 9.83. The second-order valence-corrected chi connectivity index (χ2v) is 3.64. The van der Waals surface area contributed by atoms with Crippen LogP contribution in [0.1, 0.15) is 5.56 Å². The molecule has 1 atom stereocenters. The van der Waals surface area contributed by atoms with E-state index in [1.807, 2.05) is 30.3 Å². The first-order chi connectivity index (χ1) is 8.63. The van der Waals surface area contributed by atoms with Gasteiger partial charge in [-0.3, -0.25) is 0 Å². The lowest BCUT2D eigenvalue weighted by Gasteiger charge is -2.12. The molecule has 1 aromatic rings. The van der Waals surface area contributed by atoms with Gasteiger partial charge in [0.05, 0.1) is 6.61 Å². The number of carbonyl (C=O) groups excluding carboxylic acids is 1. The van der Waals surface area contributed by atoms with E-state index in [2.05, 4.69) is 5.32 Å². The molecule has 18 heavy (non-hydrogen) atoms. The van der Waals surface area contributed by atoms with E-state index in [0.29, 0.717) is 6.42 Å². The van der Waals surface area contributed by atoms with Crippen molar-refractivity contribution in [3.05, 3.63) is 35.9 Å². The van der Waals surface area contributed by atoms with Crippen LogP contribution in [0.15, 0.2) is 30.3 Å². The smallest absolute Gasteiger partial charge is 0.407 e. The molecule has 6 nitrogen and oxygen atoms in total. The minimum absolute atomic E-state index is 0.177. The maximum Gasteiger partial charge on any atom is 0.407 e. The van der Waals surface area contributed by atoms with Crippen LogP contribution in [0.25, 0.3) is 0 Å². The van der Waals surface area contributed by atoms with E-state index in [1.54, 1.807) is 0 Å². The van der Waals surface area contributed by atoms with E-state index < -0.39 is 18.1 Å². The zero-order valence-corrected chi connectivity index (χ0v) is 9.83. The standard InChI is InChI=1S/C12H16N2O4/c13-8-10(11(15)16)14-12(17)18-7-6-9-4-2-1-3-5-9/h1-5,10H,6-8,13H2,(H,14,17)(H,15,16)/t10-/m1/s1. The summed E-state index contributed by atoms with van der Waals surface area (Å²) in [5.41, 5.74) is 6.23. The van der Waals surface area contributed by atoms with Gasteiger partial charge in [0.2, 0.25) is 0 Å². The molecule has 0 saturated carbocycles. The molecule has 0 aliphatic heterocycles. The van der Waals surface area contributed by atoms with Crippen LogP contribution in [0.3, 0.4) is 0 Å². The lowest BCUT2D eigenvalue weighted by molar-refractivity contribution is -0.139. The van der Waals surface area contributed by atoms with Crippen LogP contribution in [0.2, 0.25) is 0 Å². The van der Waals surface area contributed by atoms with Crippen molar-refractivity contribution in [1.82, 2.24) is 5.32 Å². The van der Waals surface area contributed by atoms with E-state index in [-0.39, 0.29) is 13.2 Å². The summed E-state index contributed by atoms with van der Waals surface area (Å²) in [5.74, 6) is -1.18. The van der Waals surface area contributed by atoms with Crippen molar-refractivity contribution in [3.63, 3.8) is 0 Å². The Balaban J connectivity index is 2.27. The minimum Gasteiger partial charge on any atom is -0.480 e. The summed E-state index contributed by atoms with van der Waals surface area (Å²) < 4.78 is 4.86. The largest absolute Gasteiger partial charge is 0.480 e. The third-order valence-corrected chi connectivity index (χ3v) is 2.29. The van der Waals surface area contributed by atoms with Gasteiger partial charge in [-0.15, -0.1) is 0 Å². The van der Waals surface area contributed by atoms with Gasteiger partial charge in [0.25, 0.3) is 0 Å². The lowest BCUT2D eigenvalue weighted by Crippen LogP contribution is -2.46. The number of aliphatic carboxylic acids is 1. The number of ether oxygens (including phenoxy) is 1. The SMILES string of the molecule is NC[C@@H](NC(=O)OCCc1ccccc1)C(=O)O. The third kappa shape index (κ3) is 4.84. The first-order valence-electron chi connectivity index (χ1n) is 5.53. The van der Waals surface area contributed by atoms with Crippen LogP contribution in [0.4, 0.5) is 4.79 Å². The zero-order chi connectivity index (χ0) is 13.4. The quantitative estimate of drug-likeness (QED) is 0.678. The van der Waals surface area contributed by atoms with Gasteiger partial charge in [-0.2, -0.15) is 0 Å². The fourth-order valence-electron chi connectivity index (χ4n) is 1.31. The predicted molar refractivity (Wildman–Crippen MR) is 65.1 cm³/mol. The number of amides is 1. The van der Waals surface area contributed by atoms with E-state index in [0.717, 1.165) is 5.56 Å². The normalized spacial score (nSPS) is 11.6. The Morgan fingerprint density at radius 1 is 1.33 bits per heavy atom. The number of hydrogen-bond donors (Lipinski definition) is 3. The van der Waals surface area contributed by atoms with Crippen LogP contribution in [-0.4, -0.2) is 36.4 Å². The van der Waals surface area contributed by atoms with Crippen molar-refractivity contribution in [2.24, 2.45) is 5.73 Å². The summed E-state index contributed by atoms with van der Waals surface area (Å²) in [6, 6.07) is 8.40. The van der Waals surface area contributed by atoms with Crippen molar-refractivity contribution in [3.8, 4) is 0 Å². The molecular weight excluding hydrogens is 236 g/mol. The van der Waals surface area contributed by atoms with E-state index in [1.165, 1.54) is 0 Å². The second-order valence-electron chi connectivity index (χ2n) is 3.64. The highest BCUT2D eigenvalue weighted by Gasteiger charge is 2.18. The molecular formula is C12H16N2O4. The van der Waals surface area contributed by atoms with Gasteiger partial charge in [-0.25, -0.2) is 9.59 Å². The van der Waals surface area contributed by atoms with Crippen molar-refractivity contribution >= 4 is 12.1 Å². The second kappa shape index (κ2) is 7.29. The summed E-state index contributed by atoms with van der Waals surface area (Å²) >= 11 is 0. The molecule has 0 fully saturated rings. The summed E-state index contributed by atoms with van der Waals surface area (Å²) in [4.78, 5) is 21.9. The highest BCUT2D eigenvalue weighted by atomic mass is 16.5. The molecule has 1 amide bonds. The first-order valence-corrected chi connectivity index (χ1v) is 5.53. The Morgan fingerprint density at radius 3 is 2.56 bits per heavy atom. The van der Waals surface area contributed by atoms with Crippen LogP contribution in [0, 0.1) is 0 Å². The molecule has 4 N–H and O–H groups in total. The van der Waals surface area contributed by atoms with Gasteiger partial charge in [0.1, 0.15) is 6.04 Å². The number of benzene rings is 1. The topological polar surface area (TPSA) is 102 Å². The average molecular weight is 252 g/mol. The molecule has 0 bridgehead atoms. The molecule has 0 unspecified atom stereocenters. The number of carboxylic acids is 1. The molecule has 0 radical (unpaired) electrons. The Morgan fingerprint density at radius 2 is 2.00 bits per heavy atom. The first kappa shape index (κ1) is 14.0. The number of hydrogen-bond acceptors (Lipinski definition) is 4. The van der Waals surface area contributed by atoms with Crippen molar-refractivity contribution in [1.29, 1.82) is 0 Å².